The smallest absolute Gasteiger partial charge is 0.155 e. The zero-order valence-corrected chi connectivity index (χ0v) is 15.4. The average Bonchev–Trinajstić information content (AvgIpc) is 2.70. The van der Waals surface area contributed by atoms with Gasteiger partial charge >= 0.3 is 0 Å². The molecule has 0 bridgehead atoms. The lowest BCUT2D eigenvalue weighted by Gasteiger charge is -2.16. The van der Waals surface area contributed by atoms with E-state index < -0.39 is 0 Å². The van der Waals surface area contributed by atoms with Crippen LogP contribution in [-0.4, -0.2) is 48.2 Å². The zero-order chi connectivity index (χ0) is 18.2. The van der Waals surface area contributed by atoms with Crippen molar-refractivity contribution in [2.24, 2.45) is 0 Å². The van der Waals surface area contributed by atoms with Crippen LogP contribution in [-0.2, 0) is 0 Å². The summed E-state index contributed by atoms with van der Waals surface area (Å²) in [5.41, 5.74) is 4.95. The van der Waals surface area contributed by atoms with Crippen LogP contribution in [0.5, 0.6) is 0 Å². The number of nitrogens with one attached hydrogen (secondary N) is 3. The highest BCUT2D eigenvalue weighted by molar-refractivity contribution is 5.88. The van der Waals surface area contributed by atoms with E-state index in [1.807, 2.05) is 20.0 Å². The number of hydrogen-bond donors (Lipinski definition) is 3. The Morgan fingerprint density at radius 3 is 2.96 bits per heavy atom. The summed E-state index contributed by atoms with van der Waals surface area (Å²) in [5.74, 6) is 0.776. The first-order chi connectivity index (χ1) is 12.8. The lowest BCUT2D eigenvalue weighted by atomic mass is 10.1. The molecule has 0 radical (unpaired) electrons. The molecule has 3 rings (SSSR count). The minimum Gasteiger partial charge on any atom is -0.364 e. The van der Waals surface area contributed by atoms with Gasteiger partial charge in [-0.25, -0.2) is 9.97 Å². The molecule has 0 saturated heterocycles. The van der Waals surface area contributed by atoms with Gasteiger partial charge in [-0.05, 0) is 44.1 Å². The summed E-state index contributed by atoms with van der Waals surface area (Å²) < 4.78 is 0. The van der Waals surface area contributed by atoms with Crippen LogP contribution in [0.2, 0.25) is 0 Å². The van der Waals surface area contributed by atoms with E-state index in [1.54, 1.807) is 12.4 Å². The van der Waals surface area contributed by atoms with Gasteiger partial charge in [0.15, 0.2) is 5.82 Å². The van der Waals surface area contributed by atoms with Crippen molar-refractivity contribution in [3.8, 4) is 0 Å². The van der Waals surface area contributed by atoms with E-state index in [1.165, 1.54) is 5.57 Å². The SMILES string of the molecule is C/C=C(\C=C/CNC)c1cc2nccnc2c(NCC2=CCCNC2)n1. The van der Waals surface area contributed by atoms with Crippen molar-refractivity contribution in [2.75, 3.05) is 38.5 Å². The number of aromatic nitrogens is 3. The summed E-state index contributed by atoms with van der Waals surface area (Å²) in [4.78, 5) is 13.8. The summed E-state index contributed by atoms with van der Waals surface area (Å²) in [6.45, 7) is 5.57. The second-order valence-corrected chi connectivity index (χ2v) is 6.17. The Morgan fingerprint density at radius 1 is 1.31 bits per heavy atom. The van der Waals surface area contributed by atoms with E-state index in [2.05, 4.69) is 50.2 Å². The van der Waals surface area contributed by atoms with Gasteiger partial charge in [-0.1, -0.05) is 24.3 Å². The molecule has 3 heterocycles. The Labute approximate surface area is 154 Å². The number of fused-ring (bicyclic) bond motifs is 1. The highest BCUT2D eigenvalue weighted by atomic mass is 15.0. The van der Waals surface area contributed by atoms with Crippen molar-refractivity contribution < 1.29 is 0 Å². The molecule has 6 heteroatoms. The second-order valence-electron chi connectivity index (χ2n) is 6.17. The van der Waals surface area contributed by atoms with Gasteiger partial charge in [0.2, 0.25) is 0 Å². The topological polar surface area (TPSA) is 74.8 Å². The fraction of sp³-hybridized carbons (Fsp3) is 0.350. The Morgan fingerprint density at radius 2 is 2.19 bits per heavy atom. The van der Waals surface area contributed by atoms with E-state index in [0.29, 0.717) is 0 Å². The van der Waals surface area contributed by atoms with Crippen LogP contribution in [0.15, 0.2) is 48.3 Å². The third-order valence-electron chi connectivity index (χ3n) is 4.27. The molecule has 6 nitrogen and oxygen atoms in total. The van der Waals surface area contributed by atoms with E-state index in [9.17, 15) is 0 Å². The Kier molecular flexibility index (Phi) is 6.46. The quantitative estimate of drug-likeness (QED) is 0.526. The van der Waals surface area contributed by atoms with Gasteiger partial charge in [-0.15, -0.1) is 0 Å². The molecule has 2 aromatic heterocycles. The Hall–Kier alpha value is -2.57. The Balaban J connectivity index is 1.91. The van der Waals surface area contributed by atoms with Crippen molar-refractivity contribution in [1.82, 2.24) is 25.6 Å². The predicted molar refractivity (Wildman–Crippen MR) is 108 cm³/mol. The maximum absolute atomic E-state index is 4.83. The summed E-state index contributed by atoms with van der Waals surface area (Å²) in [6.07, 6.45) is 13.0. The molecule has 136 valence electrons. The van der Waals surface area contributed by atoms with Crippen LogP contribution in [0.25, 0.3) is 16.6 Å². The number of allylic oxidation sites excluding steroid dienone is 3. The standard InChI is InChI=1S/C20H26N6/c1-3-16(7-5-8-21-2)17-12-18-19(24-11-10-23-18)20(26-17)25-14-15-6-4-9-22-13-15/h3,5-7,10-12,21-22H,4,8-9,13-14H2,1-2H3,(H,25,26)/b7-5-,16-3+. The average molecular weight is 350 g/mol. The predicted octanol–water partition coefficient (Wildman–Crippen LogP) is 2.54. The first-order valence-corrected chi connectivity index (χ1v) is 9.04. The number of pyridine rings is 1. The van der Waals surface area contributed by atoms with E-state index in [0.717, 1.165) is 60.7 Å². The normalized spacial score (nSPS) is 15.5. The molecule has 1 aliphatic rings. The fourth-order valence-corrected chi connectivity index (χ4v) is 2.91. The molecule has 0 saturated carbocycles. The molecule has 26 heavy (non-hydrogen) atoms. The maximum atomic E-state index is 4.83. The molecule has 3 N–H and O–H groups in total. The maximum Gasteiger partial charge on any atom is 0.155 e. The minimum absolute atomic E-state index is 0.760. The molecule has 2 aromatic rings. The van der Waals surface area contributed by atoms with Crippen LogP contribution >= 0.6 is 0 Å². The largest absolute Gasteiger partial charge is 0.364 e. The lowest BCUT2D eigenvalue weighted by Crippen LogP contribution is -2.25. The van der Waals surface area contributed by atoms with Crippen LogP contribution < -0.4 is 16.0 Å². The summed E-state index contributed by atoms with van der Waals surface area (Å²) >= 11 is 0. The van der Waals surface area contributed by atoms with Crippen molar-refractivity contribution >= 4 is 22.4 Å². The molecule has 0 aliphatic carbocycles. The van der Waals surface area contributed by atoms with Crippen LogP contribution in [0.3, 0.4) is 0 Å². The molecule has 1 aliphatic heterocycles. The molecule has 0 spiro atoms. The summed E-state index contributed by atoms with van der Waals surface area (Å²) in [5, 5.41) is 9.97. The summed E-state index contributed by atoms with van der Waals surface area (Å²) in [6, 6.07) is 1.99. The van der Waals surface area contributed by atoms with Crippen molar-refractivity contribution in [3.05, 3.63) is 54.0 Å². The van der Waals surface area contributed by atoms with Crippen molar-refractivity contribution in [3.63, 3.8) is 0 Å². The molecule has 0 atom stereocenters. The Bertz CT molecular complexity index is 837. The van der Waals surface area contributed by atoms with Gasteiger partial charge in [0, 0.05) is 32.0 Å². The lowest BCUT2D eigenvalue weighted by molar-refractivity contribution is 0.697. The summed E-state index contributed by atoms with van der Waals surface area (Å²) in [7, 11) is 1.93. The number of hydrogen-bond acceptors (Lipinski definition) is 6. The van der Waals surface area contributed by atoms with Crippen LogP contribution in [0.4, 0.5) is 5.82 Å². The van der Waals surface area contributed by atoms with Gasteiger partial charge in [0.05, 0.1) is 11.2 Å². The van der Waals surface area contributed by atoms with E-state index in [4.69, 9.17) is 4.98 Å². The monoisotopic (exact) mass is 350 g/mol. The molecule has 0 fully saturated rings. The van der Waals surface area contributed by atoms with E-state index >= 15 is 0 Å². The van der Waals surface area contributed by atoms with Crippen LogP contribution in [0, 0.1) is 0 Å². The molecular formula is C20H26N6. The van der Waals surface area contributed by atoms with E-state index in [-0.39, 0.29) is 0 Å². The number of likely N-dealkylation sites (N-methyl/N-ethyl adjacent to an activating group) is 1. The first-order valence-electron chi connectivity index (χ1n) is 9.04. The molecule has 0 unspecified atom stereocenters. The van der Waals surface area contributed by atoms with Gasteiger partial charge < -0.3 is 16.0 Å². The fourth-order valence-electron chi connectivity index (χ4n) is 2.91. The highest BCUT2D eigenvalue weighted by Gasteiger charge is 2.11. The van der Waals surface area contributed by atoms with Crippen molar-refractivity contribution in [1.29, 1.82) is 0 Å². The van der Waals surface area contributed by atoms with Crippen molar-refractivity contribution in [2.45, 2.75) is 13.3 Å². The molecule has 0 aromatic carbocycles. The number of nitrogens with zero attached hydrogens (tertiary/aromatic N) is 3. The van der Waals surface area contributed by atoms with Crippen LogP contribution in [0.1, 0.15) is 19.0 Å². The zero-order valence-electron chi connectivity index (χ0n) is 15.4. The number of rotatable bonds is 7. The minimum atomic E-state index is 0.760. The third kappa shape index (κ3) is 4.53. The second kappa shape index (κ2) is 9.22. The molecular weight excluding hydrogens is 324 g/mol. The van der Waals surface area contributed by atoms with Gasteiger partial charge in [-0.3, -0.25) is 4.98 Å². The number of anilines is 1. The molecule has 0 amide bonds. The van der Waals surface area contributed by atoms with Gasteiger partial charge in [0.25, 0.3) is 0 Å². The highest BCUT2D eigenvalue weighted by Crippen LogP contribution is 2.23. The third-order valence-corrected chi connectivity index (χ3v) is 4.27. The first kappa shape index (κ1) is 18.2. The van der Waals surface area contributed by atoms with Gasteiger partial charge in [0.1, 0.15) is 5.52 Å². The van der Waals surface area contributed by atoms with Gasteiger partial charge in [-0.2, -0.15) is 0 Å².